The van der Waals surface area contributed by atoms with E-state index in [0.29, 0.717) is 24.1 Å². The van der Waals surface area contributed by atoms with E-state index in [4.69, 9.17) is 5.26 Å². The number of hydrogen-bond donors (Lipinski definition) is 1. The Morgan fingerprint density at radius 2 is 2.00 bits per heavy atom. The van der Waals surface area contributed by atoms with Gasteiger partial charge in [0.2, 0.25) is 15.9 Å². The van der Waals surface area contributed by atoms with Gasteiger partial charge in [-0.2, -0.15) is 9.57 Å². The molecule has 1 fully saturated rings. The fraction of sp³-hybridized carbons (Fsp3) is 0.278. The van der Waals surface area contributed by atoms with Gasteiger partial charge in [0.25, 0.3) is 0 Å². The van der Waals surface area contributed by atoms with Crippen LogP contribution in [0.1, 0.15) is 18.4 Å². The first-order chi connectivity index (χ1) is 12.5. The lowest BCUT2D eigenvalue weighted by molar-refractivity contribution is -0.120. The number of nitriles is 1. The lowest BCUT2D eigenvalue weighted by atomic mass is 9.97. The monoisotopic (exact) mass is 370 g/mol. The molecule has 0 saturated carbocycles. The Labute approximate surface area is 152 Å². The van der Waals surface area contributed by atoms with Crippen LogP contribution >= 0.6 is 0 Å². The third kappa shape index (κ3) is 3.90. The van der Waals surface area contributed by atoms with Gasteiger partial charge in [0.1, 0.15) is 4.90 Å². The van der Waals surface area contributed by atoms with Gasteiger partial charge in [-0.25, -0.2) is 8.42 Å². The molecule has 3 rings (SSSR count). The third-order valence-electron chi connectivity index (χ3n) is 4.36. The quantitative estimate of drug-likeness (QED) is 0.886. The van der Waals surface area contributed by atoms with Crippen LogP contribution in [0, 0.1) is 17.2 Å². The molecule has 0 atom stereocenters. The second kappa shape index (κ2) is 7.64. The Hall–Kier alpha value is -2.76. The van der Waals surface area contributed by atoms with E-state index in [1.165, 1.54) is 22.8 Å². The number of benzene rings is 1. The first-order valence-corrected chi connectivity index (χ1v) is 9.66. The summed E-state index contributed by atoms with van der Waals surface area (Å²) in [5, 5.41) is 11.7. The highest BCUT2D eigenvalue weighted by Gasteiger charge is 2.32. The SMILES string of the molecule is N#Cc1cccc(NC(=O)C2CCN(S(=O)(=O)c3cccnc3)CC2)c1. The zero-order chi connectivity index (χ0) is 18.6. The molecule has 2 heterocycles. The highest BCUT2D eigenvalue weighted by molar-refractivity contribution is 7.89. The summed E-state index contributed by atoms with van der Waals surface area (Å²) in [6, 6.07) is 11.8. The number of aromatic nitrogens is 1. The number of pyridine rings is 1. The molecule has 1 aliphatic heterocycles. The number of sulfonamides is 1. The number of carbonyl (C=O) groups excluding carboxylic acids is 1. The molecule has 0 unspecified atom stereocenters. The molecule has 1 amide bonds. The zero-order valence-corrected chi connectivity index (χ0v) is 14.8. The number of hydrogen-bond acceptors (Lipinski definition) is 5. The maximum atomic E-state index is 12.6. The fourth-order valence-electron chi connectivity index (χ4n) is 2.92. The number of rotatable bonds is 4. The van der Waals surface area contributed by atoms with Crippen molar-refractivity contribution in [1.82, 2.24) is 9.29 Å². The van der Waals surface area contributed by atoms with E-state index in [-0.39, 0.29) is 29.8 Å². The topological polar surface area (TPSA) is 103 Å². The van der Waals surface area contributed by atoms with E-state index in [9.17, 15) is 13.2 Å². The molecule has 8 heteroatoms. The molecule has 2 aromatic rings. The minimum absolute atomic E-state index is 0.154. The summed E-state index contributed by atoms with van der Waals surface area (Å²) in [5.41, 5.74) is 1.04. The Morgan fingerprint density at radius 3 is 2.65 bits per heavy atom. The van der Waals surface area contributed by atoms with Gasteiger partial charge in [-0.3, -0.25) is 9.78 Å². The average Bonchev–Trinajstić information content (AvgIpc) is 2.69. The molecule has 1 aliphatic rings. The number of nitrogens with one attached hydrogen (secondary N) is 1. The summed E-state index contributed by atoms with van der Waals surface area (Å²) < 4.78 is 26.6. The smallest absolute Gasteiger partial charge is 0.244 e. The van der Waals surface area contributed by atoms with Crippen molar-refractivity contribution in [3.05, 3.63) is 54.4 Å². The largest absolute Gasteiger partial charge is 0.326 e. The maximum Gasteiger partial charge on any atom is 0.244 e. The van der Waals surface area contributed by atoms with E-state index in [2.05, 4.69) is 10.3 Å². The molecule has 7 nitrogen and oxygen atoms in total. The van der Waals surface area contributed by atoms with Crippen LogP contribution in [-0.4, -0.2) is 36.7 Å². The molecule has 0 bridgehead atoms. The van der Waals surface area contributed by atoms with Gasteiger partial charge in [0, 0.05) is 37.1 Å². The third-order valence-corrected chi connectivity index (χ3v) is 6.24. The van der Waals surface area contributed by atoms with Gasteiger partial charge < -0.3 is 5.32 Å². The van der Waals surface area contributed by atoms with E-state index in [1.54, 1.807) is 30.3 Å². The molecule has 0 aliphatic carbocycles. The van der Waals surface area contributed by atoms with Crippen molar-refractivity contribution in [3.63, 3.8) is 0 Å². The van der Waals surface area contributed by atoms with Crippen molar-refractivity contribution in [2.75, 3.05) is 18.4 Å². The summed E-state index contributed by atoms with van der Waals surface area (Å²) in [7, 11) is -3.58. The van der Waals surface area contributed by atoms with Crippen LogP contribution < -0.4 is 5.32 Å². The van der Waals surface area contributed by atoms with E-state index in [0.717, 1.165) is 0 Å². The number of amides is 1. The average molecular weight is 370 g/mol. The number of nitrogens with zero attached hydrogens (tertiary/aromatic N) is 3. The van der Waals surface area contributed by atoms with E-state index >= 15 is 0 Å². The van der Waals surface area contributed by atoms with Crippen molar-refractivity contribution in [3.8, 4) is 6.07 Å². The Morgan fingerprint density at radius 1 is 1.23 bits per heavy atom. The summed E-state index contributed by atoms with van der Waals surface area (Å²) in [5.74, 6) is -0.417. The minimum atomic E-state index is -3.58. The fourth-order valence-corrected chi connectivity index (χ4v) is 4.35. The van der Waals surface area contributed by atoms with Crippen molar-refractivity contribution in [2.45, 2.75) is 17.7 Å². The van der Waals surface area contributed by atoms with Crippen LogP contribution in [0.15, 0.2) is 53.7 Å². The van der Waals surface area contributed by atoms with Gasteiger partial charge in [-0.1, -0.05) is 6.07 Å². The van der Waals surface area contributed by atoms with Gasteiger partial charge in [-0.15, -0.1) is 0 Å². The molecular formula is C18H18N4O3S. The lowest BCUT2D eigenvalue weighted by Crippen LogP contribution is -2.41. The first-order valence-electron chi connectivity index (χ1n) is 8.22. The van der Waals surface area contributed by atoms with Crippen LogP contribution in [0.25, 0.3) is 0 Å². The minimum Gasteiger partial charge on any atom is -0.326 e. The number of carbonyl (C=O) groups is 1. The molecule has 0 radical (unpaired) electrons. The van der Waals surface area contributed by atoms with Crippen LogP contribution in [-0.2, 0) is 14.8 Å². The molecular weight excluding hydrogens is 352 g/mol. The highest BCUT2D eigenvalue weighted by Crippen LogP contribution is 2.24. The van der Waals surface area contributed by atoms with Crippen molar-refractivity contribution in [2.24, 2.45) is 5.92 Å². The molecule has 1 N–H and O–H groups in total. The predicted octanol–water partition coefficient (Wildman–Crippen LogP) is 1.99. The summed E-state index contributed by atoms with van der Waals surface area (Å²) in [4.78, 5) is 16.4. The summed E-state index contributed by atoms with van der Waals surface area (Å²) in [6.45, 7) is 0.571. The molecule has 134 valence electrons. The van der Waals surface area contributed by atoms with Crippen molar-refractivity contribution < 1.29 is 13.2 Å². The molecule has 1 aromatic carbocycles. The zero-order valence-electron chi connectivity index (χ0n) is 14.0. The maximum absolute atomic E-state index is 12.6. The second-order valence-corrected chi connectivity index (χ2v) is 7.99. The van der Waals surface area contributed by atoms with E-state index < -0.39 is 10.0 Å². The molecule has 1 saturated heterocycles. The lowest BCUT2D eigenvalue weighted by Gasteiger charge is -2.30. The standard InChI is InChI=1S/C18H18N4O3S/c19-12-14-3-1-4-16(11-14)21-18(23)15-6-9-22(10-7-15)26(24,25)17-5-2-8-20-13-17/h1-5,8,11,13,15H,6-7,9-10H2,(H,21,23). The molecule has 26 heavy (non-hydrogen) atoms. The Kier molecular flexibility index (Phi) is 5.30. The van der Waals surface area contributed by atoms with Crippen molar-refractivity contribution in [1.29, 1.82) is 5.26 Å². The number of anilines is 1. The predicted molar refractivity (Wildman–Crippen MR) is 95.5 cm³/mol. The first kappa shape index (κ1) is 18.0. The molecule has 1 aromatic heterocycles. The van der Waals surface area contributed by atoms with Crippen LogP contribution in [0.4, 0.5) is 5.69 Å². The van der Waals surface area contributed by atoms with E-state index in [1.807, 2.05) is 6.07 Å². The van der Waals surface area contributed by atoms with Gasteiger partial charge in [0.15, 0.2) is 0 Å². The molecule has 0 spiro atoms. The summed E-state index contributed by atoms with van der Waals surface area (Å²) >= 11 is 0. The van der Waals surface area contributed by atoms with Gasteiger partial charge in [0.05, 0.1) is 11.6 Å². The summed E-state index contributed by atoms with van der Waals surface area (Å²) in [6.07, 6.45) is 3.75. The van der Waals surface area contributed by atoms with Crippen LogP contribution in [0.5, 0.6) is 0 Å². The van der Waals surface area contributed by atoms with Crippen LogP contribution in [0.2, 0.25) is 0 Å². The van der Waals surface area contributed by atoms with Crippen LogP contribution in [0.3, 0.4) is 0 Å². The Bertz CT molecular complexity index is 930. The van der Waals surface area contributed by atoms with Gasteiger partial charge >= 0.3 is 0 Å². The van der Waals surface area contributed by atoms with Gasteiger partial charge in [-0.05, 0) is 43.2 Å². The number of piperidine rings is 1. The highest BCUT2D eigenvalue weighted by atomic mass is 32.2. The second-order valence-electron chi connectivity index (χ2n) is 6.05. The Balaban J connectivity index is 1.61. The van der Waals surface area contributed by atoms with Crippen molar-refractivity contribution >= 4 is 21.6 Å². The normalized spacial score (nSPS) is 16.0.